The molecule has 5 heteroatoms. The van der Waals surface area contributed by atoms with Crippen LogP contribution in [0.5, 0.6) is 0 Å². The Labute approximate surface area is 83.8 Å². The highest BCUT2D eigenvalue weighted by Crippen LogP contribution is 2.01. The first-order valence-electron chi connectivity index (χ1n) is 4.80. The molecule has 80 valence electrons. The Hall–Kier alpha value is -0.940. The first-order valence-corrected chi connectivity index (χ1v) is 4.80. The van der Waals surface area contributed by atoms with E-state index >= 15 is 0 Å². The van der Waals surface area contributed by atoms with Crippen LogP contribution in [0.25, 0.3) is 0 Å². The van der Waals surface area contributed by atoms with E-state index in [0.29, 0.717) is 12.5 Å². The molecule has 0 saturated heterocycles. The number of hydrogen-bond acceptors (Lipinski definition) is 5. The second-order valence-corrected chi connectivity index (χ2v) is 3.32. The third-order valence-corrected chi connectivity index (χ3v) is 1.65. The van der Waals surface area contributed by atoms with E-state index < -0.39 is 0 Å². The van der Waals surface area contributed by atoms with Gasteiger partial charge in [0.05, 0.1) is 6.10 Å². The predicted molar refractivity (Wildman–Crippen MR) is 51.9 cm³/mol. The van der Waals surface area contributed by atoms with Gasteiger partial charge in [0, 0.05) is 13.0 Å². The molecule has 0 bridgehead atoms. The molecule has 0 radical (unpaired) electrons. The average Bonchev–Trinajstić information content (AvgIpc) is 2.59. The molecule has 1 aromatic heterocycles. The number of hydrogen-bond donors (Lipinski definition) is 1. The average molecular weight is 199 g/mol. The second kappa shape index (κ2) is 5.72. The molecular formula is C9H17N3O2. The Morgan fingerprint density at radius 2 is 2.29 bits per heavy atom. The van der Waals surface area contributed by atoms with E-state index in [4.69, 9.17) is 9.26 Å². The fraction of sp³-hybridized carbons (Fsp3) is 0.778. The van der Waals surface area contributed by atoms with Crippen LogP contribution in [0.1, 0.15) is 25.6 Å². The summed E-state index contributed by atoms with van der Waals surface area (Å²) < 4.78 is 10.3. The summed E-state index contributed by atoms with van der Waals surface area (Å²) in [6.07, 6.45) is 0.962. The molecule has 1 aromatic rings. The van der Waals surface area contributed by atoms with Crippen molar-refractivity contribution in [3.63, 3.8) is 0 Å². The molecule has 0 aliphatic heterocycles. The van der Waals surface area contributed by atoms with Gasteiger partial charge in [-0.15, -0.1) is 0 Å². The molecule has 0 atom stereocenters. The summed E-state index contributed by atoms with van der Waals surface area (Å²) in [6.45, 7) is 5.19. The lowest BCUT2D eigenvalue weighted by atomic mass is 10.4. The molecule has 14 heavy (non-hydrogen) atoms. The summed E-state index contributed by atoms with van der Waals surface area (Å²) in [5.41, 5.74) is 0. The molecule has 0 aromatic carbocycles. The maximum atomic E-state index is 5.33. The first-order chi connectivity index (χ1) is 6.72. The van der Waals surface area contributed by atoms with Gasteiger partial charge in [-0.1, -0.05) is 5.16 Å². The molecule has 0 spiro atoms. The van der Waals surface area contributed by atoms with E-state index in [1.807, 2.05) is 20.9 Å². The van der Waals surface area contributed by atoms with Gasteiger partial charge >= 0.3 is 0 Å². The summed E-state index contributed by atoms with van der Waals surface area (Å²) >= 11 is 0. The SMILES string of the molecule is CNCCc1noc(COC(C)C)n1. The van der Waals surface area contributed by atoms with Crippen molar-refractivity contribution >= 4 is 0 Å². The molecule has 1 heterocycles. The van der Waals surface area contributed by atoms with Gasteiger partial charge < -0.3 is 14.6 Å². The van der Waals surface area contributed by atoms with Crippen LogP contribution in [0, 0.1) is 0 Å². The minimum Gasteiger partial charge on any atom is -0.369 e. The van der Waals surface area contributed by atoms with Crippen LogP contribution < -0.4 is 5.32 Å². The van der Waals surface area contributed by atoms with E-state index in [0.717, 1.165) is 18.8 Å². The van der Waals surface area contributed by atoms with Crippen molar-refractivity contribution in [3.05, 3.63) is 11.7 Å². The fourth-order valence-electron chi connectivity index (χ4n) is 0.925. The molecule has 1 N–H and O–H groups in total. The molecule has 0 saturated carbocycles. The van der Waals surface area contributed by atoms with Crippen LogP contribution in [0.4, 0.5) is 0 Å². The maximum Gasteiger partial charge on any atom is 0.252 e. The Morgan fingerprint density at radius 3 is 2.93 bits per heavy atom. The minimum atomic E-state index is 0.183. The fourth-order valence-corrected chi connectivity index (χ4v) is 0.925. The van der Waals surface area contributed by atoms with Crippen molar-refractivity contribution in [2.75, 3.05) is 13.6 Å². The molecular weight excluding hydrogens is 182 g/mol. The monoisotopic (exact) mass is 199 g/mol. The van der Waals surface area contributed by atoms with Crippen LogP contribution >= 0.6 is 0 Å². The normalized spacial score (nSPS) is 11.1. The van der Waals surface area contributed by atoms with Gasteiger partial charge in [0.25, 0.3) is 5.89 Å². The molecule has 0 aliphatic carbocycles. The van der Waals surface area contributed by atoms with Crippen LogP contribution in [0.2, 0.25) is 0 Å². The van der Waals surface area contributed by atoms with E-state index in [1.165, 1.54) is 0 Å². The molecule has 1 rings (SSSR count). The highest BCUT2D eigenvalue weighted by atomic mass is 16.5. The highest BCUT2D eigenvalue weighted by molar-refractivity contribution is 4.85. The van der Waals surface area contributed by atoms with Crippen molar-refractivity contribution in [1.82, 2.24) is 15.5 Å². The van der Waals surface area contributed by atoms with Crippen molar-refractivity contribution in [1.29, 1.82) is 0 Å². The zero-order valence-electron chi connectivity index (χ0n) is 8.91. The first kappa shape index (κ1) is 11.1. The van der Waals surface area contributed by atoms with Crippen molar-refractivity contribution in [2.24, 2.45) is 0 Å². The zero-order chi connectivity index (χ0) is 10.4. The quantitative estimate of drug-likeness (QED) is 0.732. The van der Waals surface area contributed by atoms with Gasteiger partial charge in [-0.05, 0) is 20.9 Å². The summed E-state index contributed by atoms with van der Waals surface area (Å²) in [6, 6.07) is 0. The molecule has 0 fully saturated rings. The maximum absolute atomic E-state index is 5.33. The summed E-state index contributed by atoms with van der Waals surface area (Å²) in [5, 5.41) is 6.85. The summed E-state index contributed by atoms with van der Waals surface area (Å²) in [7, 11) is 1.89. The van der Waals surface area contributed by atoms with Crippen molar-refractivity contribution < 1.29 is 9.26 Å². The summed E-state index contributed by atoms with van der Waals surface area (Å²) in [5.74, 6) is 1.27. The third kappa shape index (κ3) is 3.85. The van der Waals surface area contributed by atoms with Crippen LogP contribution in [-0.2, 0) is 17.8 Å². The highest BCUT2D eigenvalue weighted by Gasteiger charge is 2.06. The number of nitrogens with zero attached hydrogens (tertiary/aromatic N) is 2. The van der Waals surface area contributed by atoms with E-state index in [2.05, 4.69) is 15.5 Å². The Kier molecular flexibility index (Phi) is 4.55. The lowest BCUT2D eigenvalue weighted by Gasteiger charge is -2.02. The number of aromatic nitrogens is 2. The molecule has 0 unspecified atom stereocenters. The smallest absolute Gasteiger partial charge is 0.252 e. The van der Waals surface area contributed by atoms with E-state index in [9.17, 15) is 0 Å². The zero-order valence-corrected chi connectivity index (χ0v) is 8.91. The standard InChI is InChI=1S/C9H17N3O2/c1-7(2)13-6-9-11-8(12-14-9)4-5-10-3/h7,10H,4-6H2,1-3H3. The lowest BCUT2D eigenvalue weighted by molar-refractivity contribution is 0.0485. The van der Waals surface area contributed by atoms with Gasteiger partial charge in [0.2, 0.25) is 0 Å². The third-order valence-electron chi connectivity index (χ3n) is 1.65. The van der Waals surface area contributed by atoms with Gasteiger partial charge in [-0.25, -0.2) is 0 Å². The van der Waals surface area contributed by atoms with Crippen LogP contribution in [-0.4, -0.2) is 29.8 Å². The Morgan fingerprint density at radius 1 is 1.50 bits per heavy atom. The van der Waals surface area contributed by atoms with E-state index in [1.54, 1.807) is 0 Å². The van der Waals surface area contributed by atoms with Gasteiger partial charge in [0.1, 0.15) is 6.61 Å². The minimum absolute atomic E-state index is 0.183. The Bertz CT molecular complexity index is 260. The number of nitrogens with one attached hydrogen (secondary N) is 1. The molecule has 0 amide bonds. The van der Waals surface area contributed by atoms with Crippen LogP contribution in [0.3, 0.4) is 0 Å². The topological polar surface area (TPSA) is 60.2 Å². The summed E-state index contributed by atoms with van der Waals surface area (Å²) in [4.78, 5) is 4.18. The van der Waals surface area contributed by atoms with Gasteiger partial charge in [0.15, 0.2) is 5.82 Å². The number of likely N-dealkylation sites (N-methyl/N-ethyl adjacent to an activating group) is 1. The lowest BCUT2D eigenvalue weighted by Crippen LogP contribution is -2.11. The molecule has 5 nitrogen and oxygen atoms in total. The second-order valence-electron chi connectivity index (χ2n) is 3.32. The van der Waals surface area contributed by atoms with Gasteiger partial charge in [-0.2, -0.15) is 4.98 Å². The van der Waals surface area contributed by atoms with Crippen LogP contribution in [0.15, 0.2) is 4.52 Å². The molecule has 0 aliphatic rings. The van der Waals surface area contributed by atoms with Crippen molar-refractivity contribution in [3.8, 4) is 0 Å². The van der Waals surface area contributed by atoms with Gasteiger partial charge in [-0.3, -0.25) is 0 Å². The number of rotatable bonds is 6. The van der Waals surface area contributed by atoms with Crippen molar-refractivity contribution in [2.45, 2.75) is 33.0 Å². The predicted octanol–water partition coefficient (Wildman–Crippen LogP) is 0.756. The number of ether oxygens (including phenoxy) is 1. The largest absolute Gasteiger partial charge is 0.369 e. The van der Waals surface area contributed by atoms with E-state index in [-0.39, 0.29) is 6.10 Å². The Balaban J connectivity index is 2.35.